The van der Waals surface area contributed by atoms with Crippen molar-refractivity contribution in [2.45, 2.75) is 63.9 Å². The minimum Gasteiger partial charge on any atom is -0.444 e. The minimum absolute atomic E-state index is 0.138. The number of amides is 1. The molecule has 2 saturated heterocycles. The van der Waals surface area contributed by atoms with Gasteiger partial charge in [-0.2, -0.15) is 0 Å². The van der Waals surface area contributed by atoms with Crippen LogP contribution >= 0.6 is 0 Å². The highest BCUT2D eigenvalue weighted by molar-refractivity contribution is 7.91. The molecule has 3 heterocycles. The van der Waals surface area contributed by atoms with Crippen LogP contribution in [-0.2, 0) is 24.1 Å². The lowest BCUT2D eigenvalue weighted by atomic mass is 9.91. The average molecular weight is 455 g/mol. The zero-order valence-corrected chi connectivity index (χ0v) is 20.2. The van der Waals surface area contributed by atoms with Crippen LogP contribution in [0.2, 0.25) is 0 Å². The van der Waals surface area contributed by atoms with E-state index >= 15 is 0 Å². The normalized spacial score (nSPS) is 22.3. The molecule has 2 fully saturated rings. The molecule has 174 valence electrons. The fraction of sp³-hybridized carbons (Fsp3) is 0.762. The smallest absolute Gasteiger partial charge is 0.410 e. The molecule has 0 unspecified atom stereocenters. The second kappa shape index (κ2) is 8.54. The van der Waals surface area contributed by atoms with E-state index in [1.165, 1.54) is 6.26 Å². The maximum absolute atomic E-state index is 13.0. The van der Waals surface area contributed by atoms with Gasteiger partial charge in [0.1, 0.15) is 22.0 Å². The molecular formula is C21H34N4O5S. The van der Waals surface area contributed by atoms with Crippen molar-refractivity contribution in [3.63, 3.8) is 0 Å². The first-order valence-corrected chi connectivity index (χ1v) is 12.6. The zero-order chi connectivity index (χ0) is 23.0. The maximum atomic E-state index is 13.0. The monoisotopic (exact) mass is 454 g/mol. The summed E-state index contributed by atoms with van der Waals surface area (Å²) in [5, 5.41) is 0. The Morgan fingerprint density at radius 2 is 1.87 bits per heavy atom. The number of rotatable bonds is 3. The number of carbonyl (C=O) groups excluding carboxylic acids is 1. The van der Waals surface area contributed by atoms with Gasteiger partial charge in [-0.3, -0.25) is 0 Å². The standard InChI is InChI=1S/C21H34N4O5S/c1-15-14-29-12-11-25(15)18-13-17(22-16(2)23-18)21(31(6,27)28)7-9-24(10-8-21)19(26)30-20(3,4)5/h13,15H,7-12,14H2,1-6H3/t15-/m0/s1. The number of aromatic nitrogens is 2. The molecule has 2 aliphatic rings. The summed E-state index contributed by atoms with van der Waals surface area (Å²) in [6, 6.07) is 1.94. The first kappa shape index (κ1) is 23.7. The molecule has 0 spiro atoms. The molecule has 1 atom stereocenters. The molecule has 0 bridgehead atoms. The summed E-state index contributed by atoms with van der Waals surface area (Å²) < 4.78 is 35.9. The van der Waals surface area contributed by atoms with Crippen molar-refractivity contribution in [2.75, 3.05) is 44.0 Å². The van der Waals surface area contributed by atoms with E-state index in [4.69, 9.17) is 9.47 Å². The van der Waals surface area contributed by atoms with E-state index < -0.39 is 26.3 Å². The van der Waals surface area contributed by atoms with Gasteiger partial charge in [0.05, 0.1) is 24.9 Å². The zero-order valence-electron chi connectivity index (χ0n) is 19.3. The van der Waals surface area contributed by atoms with Crippen LogP contribution in [0.25, 0.3) is 0 Å². The highest BCUT2D eigenvalue weighted by Crippen LogP contribution is 2.40. The van der Waals surface area contributed by atoms with Crippen LogP contribution < -0.4 is 4.90 Å². The van der Waals surface area contributed by atoms with Crippen LogP contribution in [0, 0.1) is 6.92 Å². The Morgan fingerprint density at radius 1 is 1.23 bits per heavy atom. The van der Waals surface area contributed by atoms with Crippen molar-refractivity contribution in [3.05, 3.63) is 17.6 Å². The van der Waals surface area contributed by atoms with Crippen molar-refractivity contribution in [3.8, 4) is 0 Å². The Morgan fingerprint density at radius 3 is 2.42 bits per heavy atom. The molecule has 0 N–H and O–H groups in total. The van der Waals surface area contributed by atoms with Crippen molar-refractivity contribution >= 4 is 21.7 Å². The second-order valence-electron chi connectivity index (χ2n) is 9.51. The Labute approximate surface area is 185 Å². The SMILES string of the molecule is Cc1nc(N2CCOC[C@@H]2C)cc(C2(S(C)(=O)=O)CCN(C(=O)OC(C)(C)C)CC2)n1. The van der Waals surface area contributed by atoms with Crippen LogP contribution in [-0.4, -0.2) is 80.1 Å². The number of carbonyl (C=O) groups is 1. The van der Waals surface area contributed by atoms with Gasteiger partial charge in [0.2, 0.25) is 0 Å². The summed E-state index contributed by atoms with van der Waals surface area (Å²) in [5.74, 6) is 1.25. The number of hydrogen-bond donors (Lipinski definition) is 0. The molecule has 31 heavy (non-hydrogen) atoms. The van der Waals surface area contributed by atoms with E-state index in [2.05, 4.69) is 21.8 Å². The molecular weight excluding hydrogens is 420 g/mol. The quantitative estimate of drug-likeness (QED) is 0.685. The predicted octanol–water partition coefficient (Wildman–Crippen LogP) is 2.28. The third kappa shape index (κ3) is 5.11. The number of piperidine rings is 1. The van der Waals surface area contributed by atoms with Gasteiger partial charge < -0.3 is 19.3 Å². The number of ether oxygens (including phenoxy) is 2. The van der Waals surface area contributed by atoms with Crippen molar-refractivity contribution < 1.29 is 22.7 Å². The first-order valence-electron chi connectivity index (χ1n) is 10.7. The minimum atomic E-state index is -3.51. The topological polar surface area (TPSA) is 102 Å². The Hall–Kier alpha value is -1.94. The summed E-state index contributed by atoms with van der Waals surface area (Å²) >= 11 is 0. The summed E-state index contributed by atoms with van der Waals surface area (Å²) in [6.45, 7) is 11.7. The maximum Gasteiger partial charge on any atom is 0.410 e. The summed E-state index contributed by atoms with van der Waals surface area (Å²) in [4.78, 5) is 25.3. The molecule has 3 rings (SSSR count). The predicted molar refractivity (Wildman–Crippen MR) is 118 cm³/mol. The summed E-state index contributed by atoms with van der Waals surface area (Å²) in [6.07, 6.45) is 1.36. The number of sulfone groups is 1. The summed E-state index contributed by atoms with van der Waals surface area (Å²) in [7, 11) is -3.51. The highest BCUT2D eigenvalue weighted by atomic mass is 32.2. The van der Waals surface area contributed by atoms with Gasteiger partial charge in [0.25, 0.3) is 0 Å². The van der Waals surface area contributed by atoms with Crippen LogP contribution in [0.4, 0.5) is 10.6 Å². The lowest BCUT2D eigenvalue weighted by molar-refractivity contribution is 0.0191. The average Bonchev–Trinajstić information content (AvgIpc) is 2.65. The lowest BCUT2D eigenvalue weighted by Crippen LogP contribution is -2.50. The molecule has 2 aliphatic heterocycles. The van der Waals surface area contributed by atoms with Crippen molar-refractivity contribution in [1.82, 2.24) is 14.9 Å². The molecule has 10 heteroatoms. The lowest BCUT2D eigenvalue weighted by Gasteiger charge is -2.41. The number of morpholine rings is 1. The number of anilines is 1. The van der Waals surface area contributed by atoms with Crippen molar-refractivity contribution in [2.24, 2.45) is 0 Å². The molecule has 1 aromatic heterocycles. The van der Waals surface area contributed by atoms with E-state index in [0.29, 0.717) is 31.3 Å². The van der Waals surface area contributed by atoms with E-state index in [1.807, 2.05) is 20.8 Å². The van der Waals surface area contributed by atoms with Crippen molar-refractivity contribution in [1.29, 1.82) is 0 Å². The van der Waals surface area contributed by atoms with Crippen LogP contribution in [0.15, 0.2) is 6.07 Å². The van der Waals surface area contributed by atoms with Gasteiger partial charge in [-0.05, 0) is 47.5 Å². The number of nitrogens with zero attached hydrogens (tertiary/aromatic N) is 4. The Kier molecular flexibility index (Phi) is 6.53. The van der Waals surface area contributed by atoms with Gasteiger partial charge >= 0.3 is 6.09 Å². The molecule has 0 radical (unpaired) electrons. The molecule has 1 aromatic rings. The van der Waals surface area contributed by atoms with Gasteiger partial charge in [-0.25, -0.2) is 23.2 Å². The largest absolute Gasteiger partial charge is 0.444 e. The molecule has 9 nitrogen and oxygen atoms in total. The fourth-order valence-electron chi connectivity index (χ4n) is 4.19. The molecule has 0 aliphatic carbocycles. The second-order valence-corrected chi connectivity index (χ2v) is 11.8. The summed E-state index contributed by atoms with van der Waals surface area (Å²) in [5.41, 5.74) is -0.101. The Balaban J connectivity index is 1.92. The van der Waals surface area contributed by atoms with Crippen LogP contribution in [0.1, 0.15) is 52.1 Å². The van der Waals surface area contributed by atoms with Crippen LogP contribution in [0.5, 0.6) is 0 Å². The highest BCUT2D eigenvalue weighted by Gasteiger charge is 2.48. The van der Waals surface area contributed by atoms with Gasteiger partial charge in [0, 0.05) is 32.0 Å². The van der Waals surface area contributed by atoms with E-state index in [1.54, 1.807) is 17.9 Å². The third-order valence-corrected chi connectivity index (χ3v) is 7.92. The van der Waals surface area contributed by atoms with E-state index in [-0.39, 0.29) is 32.0 Å². The number of likely N-dealkylation sites (tertiary alicyclic amines) is 1. The Bertz CT molecular complexity index is 920. The number of aryl methyl sites for hydroxylation is 1. The van der Waals surface area contributed by atoms with Gasteiger partial charge in [-0.15, -0.1) is 0 Å². The first-order chi connectivity index (χ1) is 14.3. The molecule has 0 saturated carbocycles. The number of hydrogen-bond acceptors (Lipinski definition) is 8. The molecule has 0 aromatic carbocycles. The van der Waals surface area contributed by atoms with Crippen LogP contribution in [0.3, 0.4) is 0 Å². The van der Waals surface area contributed by atoms with Gasteiger partial charge in [0.15, 0.2) is 9.84 Å². The van der Waals surface area contributed by atoms with E-state index in [9.17, 15) is 13.2 Å². The van der Waals surface area contributed by atoms with Gasteiger partial charge in [-0.1, -0.05) is 0 Å². The fourth-order valence-corrected chi connectivity index (χ4v) is 5.60. The third-order valence-electron chi connectivity index (χ3n) is 5.89. The van der Waals surface area contributed by atoms with E-state index in [0.717, 1.165) is 5.82 Å². The molecule has 1 amide bonds.